The highest BCUT2D eigenvalue weighted by molar-refractivity contribution is 6.43. The largest absolute Gasteiger partial charge is 0.419 e. The summed E-state index contributed by atoms with van der Waals surface area (Å²) in [6.07, 6.45) is -4.76. The van der Waals surface area contributed by atoms with Gasteiger partial charge in [0.1, 0.15) is 5.82 Å². The van der Waals surface area contributed by atoms with Crippen LogP contribution in [0, 0.1) is 5.82 Å². The topological polar surface area (TPSA) is 0 Å². The van der Waals surface area contributed by atoms with E-state index >= 15 is 0 Å². The lowest BCUT2D eigenvalue weighted by molar-refractivity contribution is -0.139. The van der Waals surface area contributed by atoms with E-state index in [4.69, 9.17) is 23.2 Å². The predicted molar refractivity (Wildman–Crippen MR) is 66.9 cm³/mol. The van der Waals surface area contributed by atoms with E-state index < -0.39 is 17.6 Å². The number of halogens is 6. The molecule has 0 atom stereocenters. The molecule has 0 aliphatic carbocycles. The fourth-order valence-corrected chi connectivity index (χ4v) is 2.07. The Morgan fingerprint density at radius 1 is 0.842 bits per heavy atom. The van der Waals surface area contributed by atoms with Gasteiger partial charge < -0.3 is 0 Å². The van der Waals surface area contributed by atoms with Crippen molar-refractivity contribution in [3.63, 3.8) is 0 Å². The molecule has 0 heterocycles. The first-order valence-corrected chi connectivity index (χ1v) is 5.88. The molecule has 0 unspecified atom stereocenters. The average Bonchev–Trinajstić information content (AvgIpc) is 2.32. The minimum atomic E-state index is -4.76. The van der Waals surface area contributed by atoms with Gasteiger partial charge in [-0.15, -0.1) is 0 Å². The lowest BCUT2D eigenvalue weighted by Crippen LogP contribution is -2.08. The Hall–Kier alpha value is -1.26. The van der Waals surface area contributed by atoms with Crippen LogP contribution in [0.3, 0.4) is 0 Å². The average molecular weight is 309 g/mol. The molecule has 0 aromatic heterocycles. The lowest BCUT2D eigenvalue weighted by atomic mass is 10.0. The zero-order chi connectivity index (χ0) is 14.2. The van der Waals surface area contributed by atoms with Crippen LogP contribution in [0.25, 0.3) is 11.1 Å². The Balaban J connectivity index is 2.68. The molecule has 0 radical (unpaired) electrons. The van der Waals surface area contributed by atoms with Gasteiger partial charge in [-0.25, -0.2) is 4.39 Å². The maximum atomic E-state index is 13.9. The SMILES string of the molecule is Fc1c(-c2cccc(Cl)c2Cl)cccc1C(F)(F)F. The van der Waals surface area contributed by atoms with Gasteiger partial charge in [0.2, 0.25) is 0 Å². The van der Waals surface area contributed by atoms with Crippen LogP contribution in [0.4, 0.5) is 17.6 Å². The summed E-state index contributed by atoms with van der Waals surface area (Å²) in [6, 6.07) is 7.40. The second-order valence-corrected chi connectivity index (χ2v) is 4.55. The Morgan fingerprint density at radius 3 is 2.05 bits per heavy atom. The Bertz CT molecular complexity index is 621. The van der Waals surface area contributed by atoms with Crippen LogP contribution in [0.15, 0.2) is 36.4 Å². The molecular formula is C13H6Cl2F4. The molecule has 0 N–H and O–H groups in total. The van der Waals surface area contributed by atoms with Gasteiger partial charge >= 0.3 is 6.18 Å². The fourth-order valence-electron chi connectivity index (χ4n) is 1.67. The van der Waals surface area contributed by atoms with E-state index in [1.165, 1.54) is 24.3 Å². The summed E-state index contributed by atoms with van der Waals surface area (Å²) in [7, 11) is 0. The molecule has 0 amide bonds. The summed E-state index contributed by atoms with van der Waals surface area (Å²) in [5, 5.41) is 0.165. The lowest BCUT2D eigenvalue weighted by Gasteiger charge is -2.12. The van der Waals surface area contributed by atoms with Crippen molar-refractivity contribution in [3.05, 3.63) is 57.8 Å². The summed E-state index contributed by atoms with van der Waals surface area (Å²) in [5.74, 6) is -1.36. The second kappa shape index (κ2) is 5.02. The molecular weight excluding hydrogens is 303 g/mol. The quantitative estimate of drug-likeness (QED) is 0.582. The van der Waals surface area contributed by atoms with E-state index in [2.05, 4.69) is 0 Å². The molecule has 2 aromatic carbocycles. The van der Waals surface area contributed by atoms with E-state index in [0.29, 0.717) is 6.07 Å². The summed E-state index contributed by atoms with van der Waals surface area (Å²) < 4.78 is 51.8. The van der Waals surface area contributed by atoms with Crippen molar-refractivity contribution in [1.82, 2.24) is 0 Å². The number of hydrogen-bond donors (Lipinski definition) is 0. The van der Waals surface area contributed by atoms with Gasteiger partial charge in [-0.05, 0) is 12.1 Å². The highest BCUT2D eigenvalue weighted by Gasteiger charge is 2.35. The normalized spacial score (nSPS) is 11.7. The maximum Gasteiger partial charge on any atom is 0.419 e. The summed E-state index contributed by atoms with van der Waals surface area (Å²) in [6.45, 7) is 0. The van der Waals surface area contributed by atoms with E-state index in [0.717, 1.165) is 6.07 Å². The number of hydrogen-bond acceptors (Lipinski definition) is 0. The van der Waals surface area contributed by atoms with Crippen LogP contribution in [0.2, 0.25) is 10.0 Å². The van der Waals surface area contributed by atoms with Gasteiger partial charge in [0, 0.05) is 11.1 Å². The van der Waals surface area contributed by atoms with Crippen LogP contribution >= 0.6 is 23.2 Å². The van der Waals surface area contributed by atoms with Crippen LogP contribution in [-0.2, 0) is 6.18 Å². The zero-order valence-corrected chi connectivity index (χ0v) is 10.7. The van der Waals surface area contributed by atoms with Crippen LogP contribution in [0.5, 0.6) is 0 Å². The first kappa shape index (κ1) is 14.2. The molecule has 0 nitrogen and oxygen atoms in total. The number of rotatable bonds is 1. The van der Waals surface area contributed by atoms with Crippen molar-refractivity contribution in [1.29, 1.82) is 0 Å². The van der Waals surface area contributed by atoms with Crippen molar-refractivity contribution in [2.75, 3.05) is 0 Å². The third-order valence-corrected chi connectivity index (χ3v) is 3.36. The molecule has 2 rings (SSSR count). The standard InChI is InChI=1S/C13H6Cl2F4/c14-10-6-2-3-7(11(10)15)8-4-1-5-9(12(8)16)13(17,18)19/h1-6H. The molecule has 0 fully saturated rings. The van der Waals surface area contributed by atoms with Crippen LogP contribution < -0.4 is 0 Å². The van der Waals surface area contributed by atoms with Gasteiger partial charge in [0.25, 0.3) is 0 Å². The molecule has 0 aliphatic rings. The van der Waals surface area contributed by atoms with Crippen molar-refractivity contribution < 1.29 is 17.6 Å². The molecule has 19 heavy (non-hydrogen) atoms. The highest BCUT2D eigenvalue weighted by atomic mass is 35.5. The molecule has 0 aliphatic heterocycles. The Morgan fingerprint density at radius 2 is 1.42 bits per heavy atom. The molecule has 0 bridgehead atoms. The van der Waals surface area contributed by atoms with E-state index in [1.54, 1.807) is 0 Å². The summed E-state index contributed by atoms with van der Waals surface area (Å²) >= 11 is 11.7. The van der Waals surface area contributed by atoms with Crippen molar-refractivity contribution in [3.8, 4) is 11.1 Å². The Kier molecular flexibility index (Phi) is 3.74. The molecule has 0 saturated carbocycles. The first-order chi connectivity index (χ1) is 8.82. The zero-order valence-electron chi connectivity index (χ0n) is 9.23. The molecule has 6 heteroatoms. The number of alkyl halides is 3. The van der Waals surface area contributed by atoms with E-state index in [1.807, 2.05) is 0 Å². The van der Waals surface area contributed by atoms with E-state index in [9.17, 15) is 17.6 Å². The molecule has 100 valence electrons. The van der Waals surface area contributed by atoms with E-state index in [-0.39, 0.29) is 21.2 Å². The monoisotopic (exact) mass is 308 g/mol. The van der Waals surface area contributed by atoms with Gasteiger partial charge in [0.15, 0.2) is 0 Å². The first-order valence-electron chi connectivity index (χ1n) is 5.12. The van der Waals surface area contributed by atoms with Gasteiger partial charge in [-0.3, -0.25) is 0 Å². The van der Waals surface area contributed by atoms with Gasteiger partial charge in [-0.2, -0.15) is 13.2 Å². The van der Waals surface area contributed by atoms with Crippen LogP contribution in [-0.4, -0.2) is 0 Å². The maximum absolute atomic E-state index is 13.9. The minimum absolute atomic E-state index is 0.0161. The number of benzene rings is 2. The molecule has 2 aromatic rings. The third-order valence-electron chi connectivity index (χ3n) is 2.55. The Labute approximate surface area is 116 Å². The van der Waals surface area contributed by atoms with Gasteiger partial charge in [-0.1, -0.05) is 47.5 Å². The molecule has 0 saturated heterocycles. The van der Waals surface area contributed by atoms with Gasteiger partial charge in [0.05, 0.1) is 15.6 Å². The summed E-state index contributed by atoms with van der Waals surface area (Å²) in [5.41, 5.74) is -1.44. The minimum Gasteiger partial charge on any atom is -0.206 e. The van der Waals surface area contributed by atoms with Crippen molar-refractivity contribution in [2.45, 2.75) is 6.18 Å². The third kappa shape index (κ3) is 2.69. The van der Waals surface area contributed by atoms with Crippen molar-refractivity contribution in [2.24, 2.45) is 0 Å². The highest BCUT2D eigenvalue weighted by Crippen LogP contribution is 2.39. The second-order valence-electron chi connectivity index (χ2n) is 3.77. The van der Waals surface area contributed by atoms with Crippen LogP contribution in [0.1, 0.15) is 5.56 Å². The predicted octanol–water partition coefficient (Wildman–Crippen LogP) is 5.82. The van der Waals surface area contributed by atoms with Crippen molar-refractivity contribution >= 4 is 23.2 Å². The smallest absolute Gasteiger partial charge is 0.206 e. The molecule has 0 spiro atoms. The summed E-state index contributed by atoms with van der Waals surface area (Å²) in [4.78, 5) is 0. The fraction of sp³-hybridized carbons (Fsp3) is 0.0769.